The number of fused-ring (bicyclic) bond motifs is 1. The smallest absolute Gasteiger partial charge is 0.191 e. The van der Waals surface area contributed by atoms with Crippen LogP contribution in [-0.2, 0) is 25.9 Å². The lowest BCUT2D eigenvalue weighted by atomic mass is 10.1. The Morgan fingerprint density at radius 2 is 2.00 bits per heavy atom. The van der Waals surface area contributed by atoms with E-state index in [-0.39, 0.29) is 24.0 Å². The van der Waals surface area contributed by atoms with E-state index in [4.69, 9.17) is 0 Å². The van der Waals surface area contributed by atoms with Gasteiger partial charge in [-0.05, 0) is 38.2 Å². The molecule has 7 heteroatoms. The lowest BCUT2D eigenvalue weighted by Gasteiger charge is -2.18. The van der Waals surface area contributed by atoms with Crippen molar-refractivity contribution < 1.29 is 0 Å². The van der Waals surface area contributed by atoms with E-state index < -0.39 is 0 Å². The Hall–Kier alpha value is -1.64. The summed E-state index contributed by atoms with van der Waals surface area (Å²) in [5.74, 6) is 2.94. The molecule has 1 aromatic heterocycles. The molecular formula is C20H31IN6. The van der Waals surface area contributed by atoms with Crippen LogP contribution < -0.4 is 10.6 Å². The zero-order valence-corrected chi connectivity index (χ0v) is 18.6. The number of halogens is 1. The number of aliphatic imine (C=N–C) groups is 1. The largest absolute Gasteiger partial charge is 0.354 e. The summed E-state index contributed by atoms with van der Waals surface area (Å²) in [5, 5.41) is 15.6. The van der Waals surface area contributed by atoms with E-state index in [9.17, 15) is 0 Å². The SMILES string of the molecule is CN=C(NCc1nnc2n1CCCCC2)NC(C)CCc1ccccc1.I. The van der Waals surface area contributed by atoms with Crippen molar-refractivity contribution in [3.05, 3.63) is 47.5 Å². The van der Waals surface area contributed by atoms with Gasteiger partial charge in [0.2, 0.25) is 0 Å². The molecule has 1 aromatic carbocycles. The lowest BCUT2D eigenvalue weighted by Crippen LogP contribution is -2.42. The Balaban J connectivity index is 0.00000261. The molecule has 6 nitrogen and oxygen atoms in total. The molecule has 3 rings (SSSR count). The van der Waals surface area contributed by atoms with Gasteiger partial charge in [0.25, 0.3) is 0 Å². The standard InChI is InChI=1S/C20H30N6.HI/c1-16(12-13-17-9-5-3-6-10-17)23-20(21-2)22-15-19-25-24-18-11-7-4-8-14-26(18)19;/h3,5-6,9-10,16H,4,7-8,11-15H2,1-2H3,(H2,21,22,23);1H. The number of hydrogen-bond donors (Lipinski definition) is 2. The second-order valence-corrected chi connectivity index (χ2v) is 6.99. The summed E-state index contributed by atoms with van der Waals surface area (Å²) >= 11 is 0. The van der Waals surface area contributed by atoms with Gasteiger partial charge in [0.05, 0.1) is 6.54 Å². The number of rotatable bonds is 6. The quantitative estimate of drug-likeness (QED) is 0.377. The van der Waals surface area contributed by atoms with Crippen molar-refractivity contribution in [2.75, 3.05) is 7.05 Å². The van der Waals surface area contributed by atoms with Crippen LogP contribution in [0.25, 0.3) is 0 Å². The Morgan fingerprint density at radius 3 is 2.78 bits per heavy atom. The number of hydrogen-bond acceptors (Lipinski definition) is 3. The first kappa shape index (κ1) is 21.7. The average molecular weight is 482 g/mol. The van der Waals surface area contributed by atoms with Gasteiger partial charge < -0.3 is 15.2 Å². The number of benzene rings is 1. The first-order chi connectivity index (χ1) is 12.8. The molecule has 2 aromatic rings. The van der Waals surface area contributed by atoms with Crippen LogP contribution in [0.15, 0.2) is 35.3 Å². The van der Waals surface area contributed by atoms with Gasteiger partial charge in [0.15, 0.2) is 11.8 Å². The Labute approximate surface area is 179 Å². The molecule has 0 saturated carbocycles. The number of aryl methyl sites for hydroxylation is 2. The fraction of sp³-hybridized carbons (Fsp3) is 0.550. The topological polar surface area (TPSA) is 67.1 Å². The monoisotopic (exact) mass is 482 g/mol. The van der Waals surface area contributed by atoms with Crippen molar-refractivity contribution in [1.29, 1.82) is 0 Å². The minimum atomic E-state index is 0. The third-order valence-electron chi connectivity index (χ3n) is 4.92. The van der Waals surface area contributed by atoms with Gasteiger partial charge in [-0.15, -0.1) is 34.2 Å². The Morgan fingerprint density at radius 1 is 1.19 bits per heavy atom. The second-order valence-electron chi connectivity index (χ2n) is 6.99. The highest BCUT2D eigenvalue weighted by Gasteiger charge is 2.15. The summed E-state index contributed by atoms with van der Waals surface area (Å²) < 4.78 is 2.27. The van der Waals surface area contributed by atoms with Gasteiger partial charge in [0.1, 0.15) is 5.82 Å². The molecule has 148 valence electrons. The van der Waals surface area contributed by atoms with Gasteiger partial charge >= 0.3 is 0 Å². The van der Waals surface area contributed by atoms with E-state index in [2.05, 4.69) is 67.6 Å². The summed E-state index contributed by atoms with van der Waals surface area (Å²) in [6.45, 7) is 3.87. The third-order valence-corrected chi connectivity index (χ3v) is 4.92. The van der Waals surface area contributed by atoms with Crippen molar-refractivity contribution in [3.8, 4) is 0 Å². The first-order valence-corrected chi connectivity index (χ1v) is 9.68. The fourth-order valence-electron chi connectivity index (χ4n) is 3.37. The predicted molar refractivity (Wildman–Crippen MR) is 121 cm³/mol. The molecular weight excluding hydrogens is 451 g/mol. The molecule has 2 N–H and O–H groups in total. The summed E-state index contributed by atoms with van der Waals surface area (Å²) in [6, 6.07) is 10.9. The Bertz CT molecular complexity index is 713. The molecule has 1 aliphatic heterocycles. The molecule has 0 saturated heterocycles. The predicted octanol–water partition coefficient (Wildman–Crippen LogP) is 3.31. The van der Waals surface area contributed by atoms with Crippen LogP contribution in [0.3, 0.4) is 0 Å². The second kappa shape index (κ2) is 11.3. The van der Waals surface area contributed by atoms with Crippen LogP contribution in [-0.4, -0.2) is 33.8 Å². The molecule has 0 bridgehead atoms. The van der Waals surface area contributed by atoms with E-state index in [0.717, 1.165) is 43.4 Å². The maximum Gasteiger partial charge on any atom is 0.191 e. The molecule has 1 unspecified atom stereocenters. The maximum atomic E-state index is 4.37. The molecule has 1 aliphatic rings. The van der Waals surface area contributed by atoms with Crippen molar-refractivity contribution in [2.45, 2.75) is 64.6 Å². The van der Waals surface area contributed by atoms with Crippen LogP contribution in [0, 0.1) is 0 Å². The number of aromatic nitrogens is 3. The van der Waals surface area contributed by atoms with Gasteiger partial charge in [-0.3, -0.25) is 4.99 Å². The highest BCUT2D eigenvalue weighted by atomic mass is 127. The minimum absolute atomic E-state index is 0. The van der Waals surface area contributed by atoms with Crippen molar-refractivity contribution in [1.82, 2.24) is 25.4 Å². The van der Waals surface area contributed by atoms with Gasteiger partial charge in [-0.25, -0.2) is 0 Å². The van der Waals surface area contributed by atoms with Crippen LogP contribution in [0.2, 0.25) is 0 Å². The minimum Gasteiger partial charge on any atom is -0.354 e. The molecule has 1 atom stereocenters. The lowest BCUT2D eigenvalue weighted by molar-refractivity contribution is 0.578. The summed E-state index contributed by atoms with van der Waals surface area (Å²) in [5.41, 5.74) is 1.37. The summed E-state index contributed by atoms with van der Waals surface area (Å²) in [4.78, 5) is 4.35. The van der Waals surface area contributed by atoms with Crippen LogP contribution in [0.1, 0.15) is 49.8 Å². The molecule has 0 fully saturated rings. The number of nitrogens with zero attached hydrogens (tertiary/aromatic N) is 4. The molecule has 0 spiro atoms. The van der Waals surface area contributed by atoms with Gasteiger partial charge in [-0.1, -0.05) is 36.8 Å². The fourth-order valence-corrected chi connectivity index (χ4v) is 3.37. The van der Waals surface area contributed by atoms with Crippen LogP contribution >= 0.6 is 24.0 Å². The van der Waals surface area contributed by atoms with Crippen molar-refractivity contribution >= 4 is 29.9 Å². The summed E-state index contributed by atoms with van der Waals surface area (Å²) in [7, 11) is 1.81. The van der Waals surface area contributed by atoms with E-state index in [1.54, 1.807) is 0 Å². The molecule has 0 aliphatic carbocycles. The molecule has 27 heavy (non-hydrogen) atoms. The van der Waals surface area contributed by atoms with E-state index in [1.165, 1.54) is 24.8 Å². The molecule has 0 amide bonds. The normalized spacial score (nSPS) is 15.3. The maximum absolute atomic E-state index is 4.37. The van der Waals surface area contributed by atoms with Crippen LogP contribution in [0.5, 0.6) is 0 Å². The zero-order valence-electron chi connectivity index (χ0n) is 16.3. The highest BCUT2D eigenvalue weighted by Crippen LogP contribution is 2.14. The highest BCUT2D eigenvalue weighted by molar-refractivity contribution is 14.0. The zero-order chi connectivity index (χ0) is 18.2. The van der Waals surface area contributed by atoms with Crippen molar-refractivity contribution in [3.63, 3.8) is 0 Å². The van der Waals surface area contributed by atoms with Crippen molar-refractivity contribution in [2.24, 2.45) is 4.99 Å². The summed E-state index contributed by atoms with van der Waals surface area (Å²) in [6.07, 6.45) is 6.86. The van der Waals surface area contributed by atoms with E-state index >= 15 is 0 Å². The first-order valence-electron chi connectivity index (χ1n) is 9.68. The van der Waals surface area contributed by atoms with Crippen LogP contribution in [0.4, 0.5) is 0 Å². The molecule has 0 radical (unpaired) electrons. The van der Waals surface area contributed by atoms with E-state index in [0.29, 0.717) is 12.6 Å². The van der Waals surface area contributed by atoms with Gasteiger partial charge in [-0.2, -0.15) is 0 Å². The number of guanidine groups is 1. The molecule has 2 heterocycles. The Kier molecular flexibility index (Phi) is 9.03. The number of nitrogens with one attached hydrogen (secondary N) is 2. The third kappa shape index (κ3) is 6.48. The average Bonchev–Trinajstić information content (AvgIpc) is 2.90. The van der Waals surface area contributed by atoms with Gasteiger partial charge in [0, 0.05) is 26.1 Å². The van der Waals surface area contributed by atoms with E-state index in [1.807, 2.05) is 7.05 Å².